The van der Waals surface area contributed by atoms with E-state index in [1.165, 1.54) is 19.3 Å². The summed E-state index contributed by atoms with van der Waals surface area (Å²) in [7, 11) is 1.84. The molecule has 3 atom stereocenters. The van der Waals surface area contributed by atoms with Gasteiger partial charge in [-0.05, 0) is 37.0 Å². The summed E-state index contributed by atoms with van der Waals surface area (Å²) in [6.07, 6.45) is 5.86. The van der Waals surface area contributed by atoms with Crippen LogP contribution in [0.15, 0.2) is 6.20 Å². The van der Waals surface area contributed by atoms with Gasteiger partial charge in [0.15, 0.2) is 0 Å². The molecular formula is C10H16N4. The van der Waals surface area contributed by atoms with E-state index in [9.17, 15) is 0 Å². The van der Waals surface area contributed by atoms with Gasteiger partial charge in [0.2, 0.25) is 0 Å². The summed E-state index contributed by atoms with van der Waals surface area (Å²) in [4.78, 5) is 1.59. The fraction of sp³-hybridized carbons (Fsp3) is 0.800. The summed E-state index contributed by atoms with van der Waals surface area (Å²) in [6.45, 7) is 0. The first-order valence-electron chi connectivity index (χ1n) is 5.36. The molecule has 4 heteroatoms. The SMILES string of the molecule is Cn1ncc(C(N)C2CC3CC3C2)n1. The van der Waals surface area contributed by atoms with Crippen molar-refractivity contribution >= 4 is 0 Å². The topological polar surface area (TPSA) is 56.7 Å². The Kier molecular flexibility index (Phi) is 1.68. The van der Waals surface area contributed by atoms with Gasteiger partial charge in [-0.3, -0.25) is 0 Å². The van der Waals surface area contributed by atoms with Crippen molar-refractivity contribution in [1.29, 1.82) is 0 Å². The van der Waals surface area contributed by atoms with Crippen molar-refractivity contribution < 1.29 is 0 Å². The summed E-state index contributed by atoms with van der Waals surface area (Å²) in [5.41, 5.74) is 7.14. The third-order valence-corrected chi connectivity index (χ3v) is 3.75. The van der Waals surface area contributed by atoms with Crippen LogP contribution in [0, 0.1) is 17.8 Å². The molecule has 0 spiro atoms. The van der Waals surface area contributed by atoms with E-state index < -0.39 is 0 Å². The number of rotatable bonds is 2. The molecule has 0 aliphatic heterocycles. The molecule has 76 valence electrons. The lowest BCUT2D eigenvalue weighted by molar-refractivity contribution is 0.395. The molecule has 2 N–H and O–H groups in total. The van der Waals surface area contributed by atoms with Crippen LogP contribution in [-0.2, 0) is 7.05 Å². The van der Waals surface area contributed by atoms with E-state index in [2.05, 4.69) is 10.2 Å². The van der Waals surface area contributed by atoms with Crippen molar-refractivity contribution in [3.63, 3.8) is 0 Å². The van der Waals surface area contributed by atoms with E-state index in [1.54, 1.807) is 11.0 Å². The molecule has 0 bridgehead atoms. The fourth-order valence-corrected chi connectivity index (χ4v) is 2.81. The van der Waals surface area contributed by atoms with Crippen molar-refractivity contribution in [3.05, 3.63) is 11.9 Å². The van der Waals surface area contributed by atoms with Gasteiger partial charge in [0.1, 0.15) is 0 Å². The highest BCUT2D eigenvalue weighted by atomic mass is 15.4. The zero-order valence-corrected chi connectivity index (χ0v) is 8.43. The van der Waals surface area contributed by atoms with Crippen LogP contribution in [0.25, 0.3) is 0 Å². The number of nitrogens with zero attached hydrogens (tertiary/aromatic N) is 3. The zero-order valence-electron chi connectivity index (χ0n) is 8.43. The lowest BCUT2D eigenvalue weighted by Gasteiger charge is -2.17. The van der Waals surface area contributed by atoms with Gasteiger partial charge in [-0.15, -0.1) is 0 Å². The second kappa shape index (κ2) is 2.79. The van der Waals surface area contributed by atoms with E-state index >= 15 is 0 Å². The first kappa shape index (κ1) is 8.41. The maximum absolute atomic E-state index is 6.18. The second-order valence-corrected chi connectivity index (χ2v) is 4.77. The fourth-order valence-electron chi connectivity index (χ4n) is 2.81. The van der Waals surface area contributed by atoms with Gasteiger partial charge in [-0.25, -0.2) is 0 Å². The first-order chi connectivity index (χ1) is 6.74. The lowest BCUT2D eigenvalue weighted by atomic mass is 9.93. The summed E-state index contributed by atoms with van der Waals surface area (Å²) < 4.78 is 0. The maximum atomic E-state index is 6.18. The van der Waals surface area contributed by atoms with Crippen molar-refractivity contribution in [1.82, 2.24) is 15.0 Å². The Labute approximate surface area is 83.5 Å². The van der Waals surface area contributed by atoms with Crippen LogP contribution in [0.5, 0.6) is 0 Å². The quantitative estimate of drug-likeness (QED) is 0.756. The van der Waals surface area contributed by atoms with Crippen molar-refractivity contribution in [2.24, 2.45) is 30.5 Å². The second-order valence-electron chi connectivity index (χ2n) is 4.77. The Bertz CT molecular complexity index is 336. The minimum Gasteiger partial charge on any atom is -0.322 e. The van der Waals surface area contributed by atoms with Gasteiger partial charge in [-0.2, -0.15) is 15.0 Å². The molecule has 2 saturated carbocycles. The zero-order chi connectivity index (χ0) is 9.71. The Balaban J connectivity index is 1.72. The van der Waals surface area contributed by atoms with E-state index in [0.717, 1.165) is 17.5 Å². The summed E-state index contributed by atoms with van der Waals surface area (Å²) in [6, 6.07) is 0.108. The number of aryl methyl sites for hydroxylation is 1. The standard InChI is InChI=1S/C10H16N4/c1-14-12-5-9(13-14)10(11)8-3-6-2-7(6)4-8/h5-8,10H,2-4,11H2,1H3. The summed E-state index contributed by atoms with van der Waals surface area (Å²) in [5.74, 6) is 2.63. The number of hydrogen-bond acceptors (Lipinski definition) is 3. The molecule has 2 fully saturated rings. The van der Waals surface area contributed by atoms with Crippen molar-refractivity contribution in [2.45, 2.75) is 25.3 Å². The molecule has 0 amide bonds. The minimum atomic E-state index is 0.108. The van der Waals surface area contributed by atoms with Crippen LogP contribution < -0.4 is 5.73 Å². The molecule has 2 aliphatic carbocycles. The van der Waals surface area contributed by atoms with Gasteiger partial charge in [-0.1, -0.05) is 0 Å². The van der Waals surface area contributed by atoms with Crippen LogP contribution in [-0.4, -0.2) is 15.0 Å². The minimum absolute atomic E-state index is 0.108. The average Bonchev–Trinajstić information content (AvgIpc) is 2.64. The third kappa shape index (κ3) is 1.25. The lowest BCUT2D eigenvalue weighted by Crippen LogP contribution is -2.21. The van der Waals surface area contributed by atoms with Crippen LogP contribution >= 0.6 is 0 Å². The first-order valence-corrected chi connectivity index (χ1v) is 5.36. The molecule has 0 radical (unpaired) electrons. The number of fused-ring (bicyclic) bond motifs is 1. The normalized spacial score (nSPS) is 36.9. The smallest absolute Gasteiger partial charge is 0.0996 e. The maximum Gasteiger partial charge on any atom is 0.0996 e. The van der Waals surface area contributed by atoms with Crippen molar-refractivity contribution in [3.8, 4) is 0 Å². The molecule has 0 saturated heterocycles. The molecule has 0 aromatic carbocycles. The predicted octanol–water partition coefficient (Wildman–Crippen LogP) is 0.861. The Morgan fingerprint density at radius 3 is 2.71 bits per heavy atom. The van der Waals surface area contributed by atoms with Crippen LogP contribution in [0.4, 0.5) is 0 Å². The molecular weight excluding hydrogens is 176 g/mol. The molecule has 3 rings (SSSR count). The van der Waals surface area contributed by atoms with Crippen LogP contribution in [0.1, 0.15) is 31.0 Å². The Hall–Kier alpha value is -0.900. The number of nitrogens with two attached hydrogens (primary N) is 1. The van der Waals surface area contributed by atoms with Crippen LogP contribution in [0.2, 0.25) is 0 Å². The average molecular weight is 192 g/mol. The van der Waals surface area contributed by atoms with E-state index in [4.69, 9.17) is 5.73 Å². The molecule has 1 aromatic heterocycles. The van der Waals surface area contributed by atoms with E-state index in [1.807, 2.05) is 7.05 Å². The van der Waals surface area contributed by atoms with Gasteiger partial charge in [0.25, 0.3) is 0 Å². The highest BCUT2D eigenvalue weighted by Crippen LogP contribution is 2.56. The predicted molar refractivity (Wildman–Crippen MR) is 52.3 cm³/mol. The van der Waals surface area contributed by atoms with Gasteiger partial charge in [0, 0.05) is 7.05 Å². The molecule has 2 aliphatic rings. The molecule has 14 heavy (non-hydrogen) atoms. The van der Waals surface area contributed by atoms with Crippen LogP contribution in [0.3, 0.4) is 0 Å². The summed E-state index contributed by atoms with van der Waals surface area (Å²) >= 11 is 0. The molecule has 3 unspecified atom stereocenters. The van der Waals surface area contributed by atoms with Gasteiger partial charge >= 0.3 is 0 Å². The summed E-state index contributed by atoms with van der Waals surface area (Å²) in [5, 5.41) is 8.34. The van der Waals surface area contributed by atoms with E-state index in [-0.39, 0.29) is 6.04 Å². The molecule has 1 heterocycles. The largest absolute Gasteiger partial charge is 0.322 e. The highest BCUT2D eigenvalue weighted by Gasteiger charge is 2.47. The van der Waals surface area contributed by atoms with Gasteiger partial charge in [0.05, 0.1) is 17.9 Å². The highest BCUT2D eigenvalue weighted by molar-refractivity contribution is 5.07. The molecule has 4 nitrogen and oxygen atoms in total. The number of aromatic nitrogens is 3. The Morgan fingerprint density at radius 2 is 2.14 bits per heavy atom. The van der Waals surface area contributed by atoms with Gasteiger partial charge < -0.3 is 5.73 Å². The number of hydrogen-bond donors (Lipinski definition) is 1. The molecule has 1 aromatic rings. The van der Waals surface area contributed by atoms with E-state index in [0.29, 0.717) is 5.92 Å². The third-order valence-electron chi connectivity index (χ3n) is 3.75. The monoisotopic (exact) mass is 192 g/mol. The van der Waals surface area contributed by atoms with Crippen molar-refractivity contribution in [2.75, 3.05) is 0 Å². The Morgan fingerprint density at radius 1 is 1.43 bits per heavy atom.